The fraction of sp³-hybridized carbons (Fsp3) is 0.136. The second-order valence-electron chi connectivity index (χ2n) is 7.21. The SMILES string of the molecule is C[C@H](NC(=O)Nc1cccnc1)c1cccc(-c2nc3c(ncc4ncn(C)c43)s2)c1. The molecule has 0 spiro atoms. The minimum absolute atomic E-state index is 0.187. The molecule has 1 aromatic carbocycles. The first-order valence-electron chi connectivity index (χ1n) is 9.73. The van der Waals surface area contributed by atoms with Crippen molar-refractivity contribution in [2.24, 2.45) is 7.05 Å². The minimum Gasteiger partial charge on any atom is -0.332 e. The number of pyridine rings is 2. The van der Waals surface area contributed by atoms with E-state index in [1.165, 1.54) is 0 Å². The standard InChI is InChI=1S/C22H19N7OS/c1-13(26-22(30)27-16-7-4-8-23-10-16)14-5-3-6-15(9-14)20-28-18-19-17(25-12-29(19)2)11-24-21(18)31-20/h3-13H,1-2H3,(H2,26,27,30)/t13-/m0/s1. The van der Waals surface area contributed by atoms with E-state index in [1.54, 1.807) is 48.4 Å². The van der Waals surface area contributed by atoms with Gasteiger partial charge in [-0.15, -0.1) is 0 Å². The van der Waals surface area contributed by atoms with E-state index in [1.807, 2.05) is 42.8 Å². The lowest BCUT2D eigenvalue weighted by atomic mass is 10.1. The number of amides is 2. The summed E-state index contributed by atoms with van der Waals surface area (Å²) in [6.45, 7) is 1.95. The van der Waals surface area contributed by atoms with Gasteiger partial charge in [-0.1, -0.05) is 29.5 Å². The molecule has 0 unspecified atom stereocenters. The average molecular weight is 430 g/mol. The number of hydrogen-bond acceptors (Lipinski definition) is 6. The fourth-order valence-corrected chi connectivity index (χ4v) is 4.36. The van der Waals surface area contributed by atoms with E-state index in [-0.39, 0.29) is 12.1 Å². The number of imidazole rings is 1. The van der Waals surface area contributed by atoms with Crippen molar-refractivity contribution in [2.45, 2.75) is 13.0 Å². The number of nitrogens with one attached hydrogen (secondary N) is 2. The van der Waals surface area contributed by atoms with E-state index in [9.17, 15) is 4.79 Å². The Labute approximate surface area is 182 Å². The lowest BCUT2D eigenvalue weighted by Crippen LogP contribution is -2.31. The van der Waals surface area contributed by atoms with Gasteiger partial charge in [0.15, 0.2) is 0 Å². The zero-order chi connectivity index (χ0) is 21.4. The maximum absolute atomic E-state index is 12.3. The smallest absolute Gasteiger partial charge is 0.319 e. The molecule has 8 nitrogen and oxygen atoms in total. The summed E-state index contributed by atoms with van der Waals surface area (Å²) in [6.07, 6.45) is 6.82. The molecule has 31 heavy (non-hydrogen) atoms. The van der Waals surface area contributed by atoms with E-state index in [0.717, 1.165) is 37.5 Å². The third-order valence-electron chi connectivity index (χ3n) is 5.00. The summed E-state index contributed by atoms with van der Waals surface area (Å²) < 4.78 is 1.96. The number of carbonyl (C=O) groups is 1. The van der Waals surface area contributed by atoms with Crippen molar-refractivity contribution in [3.8, 4) is 10.6 Å². The molecular weight excluding hydrogens is 410 g/mol. The van der Waals surface area contributed by atoms with Crippen molar-refractivity contribution in [2.75, 3.05) is 5.32 Å². The zero-order valence-electron chi connectivity index (χ0n) is 16.9. The number of thiazole rings is 1. The molecule has 5 rings (SSSR count). The molecule has 0 bridgehead atoms. The van der Waals surface area contributed by atoms with Gasteiger partial charge in [-0.2, -0.15) is 0 Å². The molecule has 9 heteroatoms. The van der Waals surface area contributed by atoms with E-state index in [2.05, 4.69) is 25.6 Å². The Kier molecular flexibility index (Phi) is 4.79. The van der Waals surface area contributed by atoms with Crippen LogP contribution in [0.4, 0.5) is 10.5 Å². The van der Waals surface area contributed by atoms with Crippen LogP contribution in [0.5, 0.6) is 0 Å². The molecule has 0 saturated carbocycles. The molecule has 0 aliphatic rings. The van der Waals surface area contributed by atoms with Crippen molar-refractivity contribution in [3.05, 3.63) is 66.9 Å². The summed E-state index contributed by atoms with van der Waals surface area (Å²) in [4.78, 5) is 30.9. The highest BCUT2D eigenvalue weighted by Crippen LogP contribution is 2.33. The van der Waals surface area contributed by atoms with Crippen LogP contribution in [0.2, 0.25) is 0 Å². The monoisotopic (exact) mass is 429 g/mol. The first kappa shape index (κ1) is 19.1. The van der Waals surface area contributed by atoms with Crippen LogP contribution in [0, 0.1) is 0 Å². The molecule has 2 N–H and O–H groups in total. The number of anilines is 1. The third kappa shape index (κ3) is 3.71. The quantitative estimate of drug-likeness (QED) is 0.438. The molecule has 0 fully saturated rings. The molecule has 2 amide bonds. The van der Waals surface area contributed by atoms with Crippen molar-refractivity contribution >= 4 is 44.4 Å². The number of rotatable bonds is 4. The molecule has 154 valence electrons. The summed E-state index contributed by atoms with van der Waals surface area (Å²) in [7, 11) is 1.96. The van der Waals surface area contributed by atoms with Crippen LogP contribution in [0.15, 0.2) is 61.3 Å². The normalized spacial score (nSPS) is 12.2. The number of carbonyl (C=O) groups excluding carboxylic acids is 1. The van der Waals surface area contributed by atoms with Gasteiger partial charge in [-0.25, -0.2) is 19.7 Å². The van der Waals surface area contributed by atoms with Gasteiger partial charge < -0.3 is 15.2 Å². The predicted molar refractivity (Wildman–Crippen MR) is 122 cm³/mol. The topological polar surface area (TPSA) is 97.6 Å². The molecule has 4 heterocycles. The van der Waals surface area contributed by atoms with E-state index in [4.69, 9.17) is 4.98 Å². The number of fused-ring (bicyclic) bond motifs is 3. The van der Waals surface area contributed by atoms with Gasteiger partial charge in [0.05, 0.1) is 36.0 Å². The Hall–Kier alpha value is -3.85. The molecular formula is C22H19N7OS. The van der Waals surface area contributed by atoms with Crippen molar-refractivity contribution < 1.29 is 4.79 Å². The molecule has 1 atom stereocenters. The van der Waals surface area contributed by atoms with Crippen molar-refractivity contribution in [1.82, 2.24) is 29.8 Å². The lowest BCUT2D eigenvalue weighted by molar-refractivity contribution is 0.249. The van der Waals surface area contributed by atoms with Crippen LogP contribution in [0.25, 0.3) is 32.0 Å². The molecule has 0 aliphatic carbocycles. The van der Waals surface area contributed by atoms with Gasteiger partial charge in [0.25, 0.3) is 0 Å². The van der Waals surface area contributed by atoms with Crippen molar-refractivity contribution in [1.29, 1.82) is 0 Å². The summed E-state index contributed by atoms with van der Waals surface area (Å²) in [5.74, 6) is 0. The van der Waals surface area contributed by atoms with Crippen molar-refractivity contribution in [3.63, 3.8) is 0 Å². The van der Waals surface area contributed by atoms with Crippen LogP contribution in [0.1, 0.15) is 18.5 Å². The van der Waals surface area contributed by atoms with Gasteiger partial charge in [0.1, 0.15) is 20.9 Å². The second-order valence-corrected chi connectivity index (χ2v) is 8.19. The highest BCUT2D eigenvalue weighted by molar-refractivity contribution is 7.21. The number of urea groups is 1. The maximum Gasteiger partial charge on any atom is 0.319 e. The highest BCUT2D eigenvalue weighted by Gasteiger charge is 2.15. The van der Waals surface area contributed by atoms with E-state index < -0.39 is 0 Å². The summed E-state index contributed by atoms with van der Waals surface area (Å²) in [5, 5.41) is 6.63. The Morgan fingerprint density at radius 3 is 2.90 bits per heavy atom. The molecule has 0 saturated heterocycles. The van der Waals surface area contributed by atoms with Crippen LogP contribution in [0.3, 0.4) is 0 Å². The Morgan fingerprint density at radius 2 is 2.06 bits per heavy atom. The van der Waals surface area contributed by atoms with Crippen LogP contribution >= 0.6 is 11.3 Å². The van der Waals surface area contributed by atoms with Crippen LogP contribution in [-0.2, 0) is 7.05 Å². The zero-order valence-corrected chi connectivity index (χ0v) is 17.7. The maximum atomic E-state index is 12.3. The Balaban J connectivity index is 1.40. The number of aromatic nitrogens is 5. The fourth-order valence-electron chi connectivity index (χ4n) is 3.45. The van der Waals surface area contributed by atoms with Gasteiger partial charge >= 0.3 is 6.03 Å². The molecule has 5 aromatic rings. The third-order valence-corrected chi connectivity index (χ3v) is 6.02. The average Bonchev–Trinajstić information content (AvgIpc) is 3.38. The summed E-state index contributed by atoms with van der Waals surface area (Å²) in [5.41, 5.74) is 5.27. The van der Waals surface area contributed by atoms with E-state index in [0.29, 0.717) is 5.69 Å². The molecule has 0 radical (unpaired) electrons. The Bertz CT molecular complexity index is 1390. The highest BCUT2D eigenvalue weighted by atomic mass is 32.1. The Morgan fingerprint density at radius 1 is 1.16 bits per heavy atom. The summed E-state index contributed by atoms with van der Waals surface area (Å²) in [6, 6.07) is 11.1. The van der Waals surface area contributed by atoms with E-state index >= 15 is 0 Å². The number of aryl methyl sites for hydroxylation is 1. The molecule has 4 aromatic heterocycles. The number of nitrogens with zero attached hydrogens (tertiary/aromatic N) is 5. The van der Waals surface area contributed by atoms with Crippen LogP contribution < -0.4 is 10.6 Å². The van der Waals surface area contributed by atoms with Gasteiger partial charge in [-0.3, -0.25) is 4.98 Å². The first-order valence-corrected chi connectivity index (χ1v) is 10.5. The minimum atomic E-state index is -0.284. The predicted octanol–water partition coefficient (Wildman–Crippen LogP) is 4.52. The summed E-state index contributed by atoms with van der Waals surface area (Å²) >= 11 is 1.54. The van der Waals surface area contributed by atoms with Gasteiger partial charge in [0, 0.05) is 18.8 Å². The number of hydrogen-bond donors (Lipinski definition) is 2. The largest absolute Gasteiger partial charge is 0.332 e. The van der Waals surface area contributed by atoms with Crippen LogP contribution in [-0.4, -0.2) is 30.5 Å². The van der Waals surface area contributed by atoms with Gasteiger partial charge in [-0.05, 0) is 30.7 Å². The second kappa shape index (κ2) is 7.77. The number of benzene rings is 1. The lowest BCUT2D eigenvalue weighted by Gasteiger charge is -2.15. The molecule has 0 aliphatic heterocycles. The van der Waals surface area contributed by atoms with Gasteiger partial charge in [0.2, 0.25) is 0 Å². The first-order chi connectivity index (χ1) is 15.1.